The Hall–Kier alpha value is -1.96. The molecule has 0 heterocycles. The number of hydrogen-bond donors (Lipinski definition) is 2. The molecule has 2 aliphatic carbocycles. The van der Waals surface area contributed by atoms with Gasteiger partial charge in [0.25, 0.3) is 0 Å². The summed E-state index contributed by atoms with van der Waals surface area (Å²) in [5.74, 6) is 4.14. The van der Waals surface area contributed by atoms with E-state index in [1.54, 1.807) is 0 Å². The maximum atomic E-state index is 5.99. The first-order valence-electron chi connectivity index (χ1n) is 13.3. The maximum absolute atomic E-state index is 5.99. The Morgan fingerprint density at radius 3 is 1.59 bits per heavy atom. The molecular weight excluding hydrogens is 388 g/mol. The van der Waals surface area contributed by atoms with E-state index in [1.165, 1.54) is 88.2 Å². The van der Waals surface area contributed by atoms with Gasteiger partial charge in [-0.2, -0.15) is 0 Å². The first-order chi connectivity index (χ1) is 15.6. The highest BCUT2D eigenvalue weighted by Gasteiger charge is 2.34. The molecule has 4 rings (SSSR count). The topological polar surface area (TPSA) is 52.0 Å². The van der Waals surface area contributed by atoms with Crippen LogP contribution in [0.15, 0.2) is 48.5 Å². The number of rotatable bonds is 8. The van der Waals surface area contributed by atoms with Gasteiger partial charge >= 0.3 is 0 Å². The fraction of sp³-hybridized carbons (Fsp3) is 0.600. The Labute approximate surface area is 196 Å². The van der Waals surface area contributed by atoms with Crippen molar-refractivity contribution in [2.24, 2.45) is 23.7 Å². The molecule has 174 valence electrons. The molecule has 0 bridgehead atoms. The van der Waals surface area contributed by atoms with Gasteiger partial charge in [0.1, 0.15) is 0 Å². The predicted molar refractivity (Wildman–Crippen MR) is 139 cm³/mol. The van der Waals surface area contributed by atoms with E-state index in [-0.39, 0.29) is 0 Å². The van der Waals surface area contributed by atoms with Crippen LogP contribution in [-0.2, 0) is 0 Å². The molecule has 2 nitrogen and oxygen atoms in total. The van der Waals surface area contributed by atoms with Crippen molar-refractivity contribution < 1.29 is 0 Å². The van der Waals surface area contributed by atoms with Gasteiger partial charge in [0.2, 0.25) is 0 Å². The molecule has 32 heavy (non-hydrogen) atoms. The molecule has 2 fully saturated rings. The molecule has 0 spiro atoms. The third kappa shape index (κ3) is 5.88. The Morgan fingerprint density at radius 1 is 0.656 bits per heavy atom. The fourth-order valence-corrected chi connectivity index (χ4v) is 6.72. The van der Waals surface area contributed by atoms with Crippen LogP contribution in [0, 0.1) is 23.7 Å². The molecule has 0 aromatic heterocycles. The summed E-state index contributed by atoms with van der Waals surface area (Å²) < 4.78 is 0. The van der Waals surface area contributed by atoms with E-state index in [0.29, 0.717) is 11.8 Å². The Balaban J connectivity index is 1.36. The standard InChI is InChI=1S/C30H44N2/c1-2-3-4-5-22-6-8-23(9-7-22)24-10-12-25(13-11-24)30(26-14-18-28(31)19-15-26)27-16-20-29(32)21-17-27/h14-25,30H,2-13,31-32H2,1H3. The highest BCUT2D eigenvalue weighted by Crippen LogP contribution is 2.47. The number of benzene rings is 2. The lowest BCUT2D eigenvalue weighted by atomic mass is 9.65. The van der Waals surface area contributed by atoms with Gasteiger partial charge < -0.3 is 11.5 Å². The Kier molecular flexibility index (Phi) is 8.16. The summed E-state index contributed by atoms with van der Waals surface area (Å²) in [5.41, 5.74) is 16.5. The van der Waals surface area contributed by atoms with Crippen molar-refractivity contribution >= 4 is 11.4 Å². The van der Waals surface area contributed by atoms with Crippen LogP contribution in [0.5, 0.6) is 0 Å². The van der Waals surface area contributed by atoms with Crippen molar-refractivity contribution in [2.45, 2.75) is 89.9 Å². The third-order valence-electron chi connectivity index (χ3n) is 8.65. The van der Waals surface area contributed by atoms with Crippen LogP contribution in [0.1, 0.15) is 101 Å². The van der Waals surface area contributed by atoms with Gasteiger partial charge in [-0.15, -0.1) is 0 Å². The van der Waals surface area contributed by atoms with Crippen LogP contribution in [-0.4, -0.2) is 0 Å². The van der Waals surface area contributed by atoms with Gasteiger partial charge in [-0.1, -0.05) is 69.7 Å². The van der Waals surface area contributed by atoms with Crippen molar-refractivity contribution in [1.29, 1.82) is 0 Å². The van der Waals surface area contributed by atoms with Crippen LogP contribution in [0.2, 0.25) is 0 Å². The van der Waals surface area contributed by atoms with Crippen LogP contribution in [0.25, 0.3) is 0 Å². The van der Waals surface area contributed by atoms with Gasteiger partial charge in [0, 0.05) is 17.3 Å². The summed E-state index contributed by atoms with van der Waals surface area (Å²) in [6, 6.07) is 17.2. The van der Waals surface area contributed by atoms with Crippen molar-refractivity contribution in [2.75, 3.05) is 11.5 Å². The zero-order valence-electron chi connectivity index (χ0n) is 20.1. The summed E-state index contributed by atoms with van der Waals surface area (Å²) in [7, 11) is 0. The molecule has 2 aliphatic rings. The number of hydrogen-bond acceptors (Lipinski definition) is 2. The number of anilines is 2. The van der Waals surface area contributed by atoms with Crippen LogP contribution in [0.3, 0.4) is 0 Å². The normalized spacial score (nSPS) is 26.3. The predicted octanol–water partition coefficient (Wildman–Crippen LogP) is 8.18. The quantitative estimate of drug-likeness (QED) is 0.326. The van der Waals surface area contributed by atoms with Crippen LogP contribution in [0.4, 0.5) is 11.4 Å². The van der Waals surface area contributed by atoms with Crippen molar-refractivity contribution in [3.8, 4) is 0 Å². The number of nitrogen functional groups attached to an aromatic ring is 2. The summed E-state index contributed by atoms with van der Waals surface area (Å²) in [4.78, 5) is 0. The lowest BCUT2D eigenvalue weighted by Gasteiger charge is -2.40. The molecule has 0 saturated heterocycles. The SMILES string of the molecule is CCCCCC1CCC(C2CCC(C(c3ccc(N)cc3)c3ccc(N)cc3)CC2)CC1. The second kappa shape index (κ2) is 11.3. The first kappa shape index (κ1) is 23.2. The van der Waals surface area contributed by atoms with E-state index in [4.69, 9.17) is 11.5 Å². The minimum absolute atomic E-state index is 0.450. The Morgan fingerprint density at radius 2 is 1.12 bits per heavy atom. The van der Waals surface area contributed by atoms with E-state index in [2.05, 4.69) is 55.5 Å². The molecule has 2 saturated carbocycles. The summed E-state index contributed by atoms with van der Waals surface area (Å²) in [5, 5.41) is 0. The Bertz CT molecular complexity index is 748. The van der Waals surface area contributed by atoms with Gasteiger partial charge in [0.15, 0.2) is 0 Å². The van der Waals surface area contributed by atoms with Crippen molar-refractivity contribution in [3.05, 3.63) is 59.7 Å². The monoisotopic (exact) mass is 432 g/mol. The second-order valence-corrected chi connectivity index (χ2v) is 10.8. The van der Waals surface area contributed by atoms with Gasteiger partial charge in [-0.25, -0.2) is 0 Å². The number of nitrogens with two attached hydrogens (primary N) is 2. The molecule has 0 amide bonds. The maximum Gasteiger partial charge on any atom is 0.0314 e. The van der Waals surface area contributed by atoms with Crippen molar-refractivity contribution in [1.82, 2.24) is 0 Å². The van der Waals surface area contributed by atoms with Gasteiger partial charge in [0.05, 0.1) is 0 Å². The van der Waals surface area contributed by atoms with E-state index < -0.39 is 0 Å². The van der Waals surface area contributed by atoms with Gasteiger partial charge in [-0.05, 0) is 97.6 Å². The van der Waals surface area contributed by atoms with E-state index in [9.17, 15) is 0 Å². The van der Waals surface area contributed by atoms with Crippen LogP contribution >= 0.6 is 0 Å². The lowest BCUT2D eigenvalue weighted by Crippen LogP contribution is -2.28. The molecule has 0 atom stereocenters. The average molecular weight is 433 g/mol. The largest absolute Gasteiger partial charge is 0.399 e. The fourth-order valence-electron chi connectivity index (χ4n) is 6.72. The summed E-state index contributed by atoms with van der Waals surface area (Å²) in [6.07, 6.45) is 17.2. The zero-order chi connectivity index (χ0) is 22.3. The highest BCUT2D eigenvalue weighted by molar-refractivity contribution is 5.46. The lowest BCUT2D eigenvalue weighted by molar-refractivity contribution is 0.138. The molecule has 0 aliphatic heterocycles. The van der Waals surface area contributed by atoms with E-state index in [1.807, 2.05) is 0 Å². The molecule has 0 radical (unpaired) electrons. The molecule has 4 N–H and O–H groups in total. The molecule has 2 heteroatoms. The third-order valence-corrected chi connectivity index (χ3v) is 8.65. The molecule has 0 unspecified atom stereocenters. The summed E-state index contributed by atoms with van der Waals surface area (Å²) in [6.45, 7) is 2.32. The summed E-state index contributed by atoms with van der Waals surface area (Å²) >= 11 is 0. The van der Waals surface area contributed by atoms with E-state index in [0.717, 1.165) is 29.1 Å². The van der Waals surface area contributed by atoms with Gasteiger partial charge in [-0.3, -0.25) is 0 Å². The highest BCUT2D eigenvalue weighted by atomic mass is 14.5. The van der Waals surface area contributed by atoms with Crippen molar-refractivity contribution in [3.63, 3.8) is 0 Å². The second-order valence-electron chi connectivity index (χ2n) is 10.8. The molecular formula is C30H44N2. The smallest absolute Gasteiger partial charge is 0.0314 e. The first-order valence-corrected chi connectivity index (χ1v) is 13.3. The minimum Gasteiger partial charge on any atom is -0.399 e. The molecule has 2 aromatic carbocycles. The van der Waals surface area contributed by atoms with Crippen LogP contribution < -0.4 is 11.5 Å². The molecule has 2 aromatic rings. The minimum atomic E-state index is 0.450. The van der Waals surface area contributed by atoms with E-state index >= 15 is 0 Å². The zero-order valence-corrected chi connectivity index (χ0v) is 20.1. The number of unbranched alkanes of at least 4 members (excludes halogenated alkanes) is 2. The average Bonchev–Trinajstić information content (AvgIpc) is 2.83.